The molecule has 1 amide bonds. The minimum Gasteiger partial charge on any atom is -0.448 e. The van der Waals surface area contributed by atoms with Crippen LogP contribution in [0.25, 0.3) is 11.1 Å². The molecule has 0 fully saturated rings. The van der Waals surface area contributed by atoms with Crippen LogP contribution in [0.3, 0.4) is 0 Å². The number of aromatic nitrogens is 2. The monoisotopic (exact) mass is 319 g/mol. The number of carbonyl (C=O) groups is 1. The molecule has 2 aromatic carbocycles. The molecule has 3 aromatic rings. The Labute approximate surface area is 139 Å². The molecule has 0 spiro atoms. The van der Waals surface area contributed by atoms with Crippen LogP contribution in [-0.2, 0) is 4.74 Å². The molecule has 1 aliphatic rings. The van der Waals surface area contributed by atoms with Gasteiger partial charge in [-0.25, -0.2) is 4.79 Å². The van der Waals surface area contributed by atoms with E-state index in [0.717, 1.165) is 5.56 Å². The number of aryl methyl sites for hydroxylation is 1. The van der Waals surface area contributed by atoms with Crippen LogP contribution in [0.4, 0.5) is 10.6 Å². The van der Waals surface area contributed by atoms with Crippen molar-refractivity contribution in [2.24, 2.45) is 0 Å². The Morgan fingerprint density at radius 1 is 1.12 bits per heavy atom. The van der Waals surface area contributed by atoms with Crippen molar-refractivity contribution >= 4 is 11.9 Å². The van der Waals surface area contributed by atoms with Gasteiger partial charge in [0, 0.05) is 11.5 Å². The molecule has 0 unspecified atom stereocenters. The molecule has 0 aliphatic heterocycles. The summed E-state index contributed by atoms with van der Waals surface area (Å²) in [7, 11) is 0. The van der Waals surface area contributed by atoms with Crippen molar-refractivity contribution in [1.82, 2.24) is 10.2 Å². The van der Waals surface area contributed by atoms with Crippen LogP contribution in [0.5, 0.6) is 0 Å². The Morgan fingerprint density at radius 2 is 1.75 bits per heavy atom. The van der Waals surface area contributed by atoms with E-state index in [0.29, 0.717) is 12.4 Å². The number of anilines is 1. The number of fused-ring (bicyclic) bond motifs is 3. The molecule has 0 saturated heterocycles. The predicted molar refractivity (Wildman–Crippen MR) is 92.0 cm³/mol. The average Bonchev–Trinajstić information content (AvgIpc) is 3.15. The lowest BCUT2D eigenvalue weighted by atomic mass is 9.98. The molecule has 5 heteroatoms. The molecule has 5 nitrogen and oxygen atoms in total. The van der Waals surface area contributed by atoms with Gasteiger partial charge in [-0.2, -0.15) is 5.10 Å². The third-order valence-corrected chi connectivity index (χ3v) is 4.40. The Kier molecular flexibility index (Phi) is 3.54. The molecule has 4 rings (SSSR count). The summed E-state index contributed by atoms with van der Waals surface area (Å²) < 4.78 is 5.47. The zero-order valence-corrected chi connectivity index (χ0v) is 13.2. The maximum atomic E-state index is 12.1. The molecular weight excluding hydrogens is 302 g/mol. The Bertz CT molecular complexity index is 855. The lowest BCUT2D eigenvalue weighted by Crippen LogP contribution is -2.18. The van der Waals surface area contributed by atoms with Gasteiger partial charge >= 0.3 is 6.09 Å². The molecule has 0 atom stereocenters. The van der Waals surface area contributed by atoms with E-state index in [9.17, 15) is 4.79 Å². The summed E-state index contributed by atoms with van der Waals surface area (Å²) in [5.41, 5.74) is 5.69. The van der Waals surface area contributed by atoms with Crippen LogP contribution in [-0.4, -0.2) is 22.9 Å². The number of ether oxygens (including phenoxy) is 1. The van der Waals surface area contributed by atoms with Gasteiger partial charge in [-0.05, 0) is 29.2 Å². The fraction of sp³-hybridized carbons (Fsp3) is 0.158. The second-order valence-corrected chi connectivity index (χ2v) is 5.88. The summed E-state index contributed by atoms with van der Waals surface area (Å²) in [5, 5.41) is 9.29. The van der Waals surface area contributed by atoms with Crippen LogP contribution < -0.4 is 5.32 Å². The zero-order valence-electron chi connectivity index (χ0n) is 13.2. The maximum Gasteiger partial charge on any atom is 0.412 e. The minimum absolute atomic E-state index is 0.0611. The van der Waals surface area contributed by atoms with Gasteiger partial charge in [0.05, 0.1) is 6.20 Å². The van der Waals surface area contributed by atoms with E-state index in [4.69, 9.17) is 4.74 Å². The van der Waals surface area contributed by atoms with Crippen molar-refractivity contribution < 1.29 is 9.53 Å². The lowest BCUT2D eigenvalue weighted by Gasteiger charge is -2.14. The lowest BCUT2D eigenvalue weighted by molar-refractivity contribution is 0.158. The van der Waals surface area contributed by atoms with E-state index in [2.05, 4.69) is 39.8 Å². The summed E-state index contributed by atoms with van der Waals surface area (Å²) in [4.78, 5) is 12.1. The average molecular weight is 319 g/mol. The summed E-state index contributed by atoms with van der Waals surface area (Å²) in [6.45, 7) is 2.16. The minimum atomic E-state index is -0.482. The first kappa shape index (κ1) is 14.5. The molecule has 120 valence electrons. The maximum absolute atomic E-state index is 12.1. The Hall–Kier alpha value is -3.08. The van der Waals surface area contributed by atoms with Gasteiger partial charge in [0.1, 0.15) is 12.4 Å². The molecule has 1 aromatic heterocycles. The molecule has 2 N–H and O–H groups in total. The van der Waals surface area contributed by atoms with Crippen molar-refractivity contribution in [2.75, 3.05) is 11.9 Å². The van der Waals surface area contributed by atoms with Crippen molar-refractivity contribution in [1.29, 1.82) is 0 Å². The highest BCUT2D eigenvalue weighted by Crippen LogP contribution is 2.44. The van der Waals surface area contributed by atoms with Crippen LogP contribution >= 0.6 is 0 Å². The smallest absolute Gasteiger partial charge is 0.412 e. The fourth-order valence-electron chi connectivity index (χ4n) is 3.21. The normalized spacial score (nSPS) is 12.5. The molecule has 1 aliphatic carbocycles. The molecule has 1 heterocycles. The van der Waals surface area contributed by atoms with E-state index >= 15 is 0 Å². The van der Waals surface area contributed by atoms with Crippen LogP contribution in [0, 0.1) is 6.92 Å². The highest BCUT2D eigenvalue weighted by atomic mass is 16.5. The number of H-pyrrole nitrogens is 1. The molecule has 0 saturated carbocycles. The molecule has 0 bridgehead atoms. The summed E-state index contributed by atoms with van der Waals surface area (Å²) in [5.74, 6) is 0.623. The highest BCUT2D eigenvalue weighted by Gasteiger charge is 2.29. The van der Waals surface area contributed by atoms with Gasteiger partial charge < -0.3 is 4.74 Å². The van der Waals surface area contributed by atoms with Crippen LogP contribution in [0.15, 0.2) is 54.7 Å². The number of nitrogens with one attached hydrogen (secondary N) is 2. The van der Waals surface area contributed by atoms with Gasteiger partial charge in [0.25, 0.3) is 0 Å². The van der Waals surface area contributed by atoms with E-state index in [-0.39, 0.29) is 5.92 Å². The van der Waals surface area contributed by atoms with Gasteiger partial charge in [-0.1, -0.05) is 48.5 Å². The number of hydrogen-bond donors (Lipinski definition) is 2. The first-order chi connectivity index (χ1) is 11.7. The number of rotatable bonds is 3. The number of hydrogen-bond acceptors (Lipinski definition) is 3. The van der Waals surface area contributed by atoms with E-state index in [1.165, 1.54) is 22.3 Å². The van der Waals surface area contributed by atoms with Crippen molar-refractivity contribution in [3.8, 4) is 11.1 Å². The van der Waals surface area contributed by atoms with E-state index < -0.39 is 6.09 Å². The second-order valence-electron chi connectivity index (χ2n) is 5.88. The van der Waals surface area contributed by atoms with Crippen molar-refractivity contribution in [3.63, 3.8) is 0 Å². The summed E-state index contributed by atoms with van der Waals surface area (Å²) >= 11 is 0. The summed E-state index contributed by atoms with van der Waals surface area (Å²) in [6, 6.07) is 16.5. The van der Waals surface area contributed by atoms with Gasteiger partial charge in [0.2, 0.25) is 0 Å². The van der Waals surface area contributed by atoms with E-state index in [1.54, 1.807) is 6.20 Å². The van der Waals surface area contributed by atoms with Gasteiger partial charge in [-0.15, -0.1) is 0 Å². The highest BCUT2D eigenvalue weighted by molar-refractivity contribution is 5.84. The Balaban J connectivity index is 1.52. The third kappa shape index (κ3) is 2.44. The van der Waals surface area contributed by atoms with Gasteiger partial charge in [0.15, 0.2) is 0 Å². The van der Waals surface area contributed by atoms with Crippen molar-refractivity contribution in [3.05, 3.63) is 71.4 Å². The number of nitrogens with zero attached hydrogens (tertiary/aromatic N) is 1. The van der Waals surface area contributed by atoms with Crippen LogP contribution in [0.2, 0.25) is 0 Å². The standard InChI is InChI=1S/C19H17N3O2/c1-12-10-20-22-18(12)21-19(23)24-11-17-15-8-4-2-6-13(15)14-7-3-5-9-16(14)17/h2-10,17H,11H2,1H3,(H2,20,21,22,23). The third-order valence-electron chi connectivity index (χ3n) is 4.40. The molecule has 0 radical (unpaired) electrons. The number of amides is 1. The second kappa shape index (κ2) is 5.85. The number of carbonyl (C=O) groups excluding carboxylic acids is 1. The first-order valence-corrected chi connectivity index (χ1v) is 7.86. The Morgan fingerprint density at radius 3 is 2.33 bits per heavy atom. The fourth-order valence-corrected chi connectivity index (χ4v) is 3.21. The topological polar surface area (TPSA) is 67.0 Å². The van der Waals surface area contributed by atoms with E-state index in [1.807, 2.05) is 31.2 Å². The molecule has 24 heavy (non-hydrogen) atoms. The number of benzene rings is 2. The quantitative estimate of drug-likeness (QED) is 0.764. The zero-order chi connectivity index (χ0) is 16.5. The van der Waals surface area contributed by atoms with Gasteiger partial charge in [-0.3, -0.25) is 10.4 Å². The van der Waals surface area contributed by atoms with Crippen LogP contribution in [0.1, 0.15) is 22.6 Å². The SMILES string of the molecule is Cc1cn[nH]c1NC(=O)OCC1c2ccccc2-c2ccccc21. The first-order valence-electron chi connectivity index (χ1n) is 7.86. The largest absolute Gasteiger partial charge is 0.448 e. The summed E-state index contributed by atoms with van der Waals surface area (Å²) in [6.07, 6.45) is 1.17. The molecular formula is C19H17N3O2. The van der Waals surface area contributed by atoms with Crippen molar-refractivity contribution in [2.45, 2.75) is 12.8 Å². The predicted octanol–water partition coefficient (Wildman–Crippen LogP) is 4.08. The number of aromatic amines is 1.